The molecule has 0 amide bonds. The first-order chi connectivity index (χ1) is 7.92. The molecule has 0 saturated heterocycles. The van der Waals surface area contributed by atoms with Gasteiger partial charge in [-0.1, -0.05) is 28.1 Å². The molecule has 2 N–H and O–H groups in total. The number of benzene rings is 1. The highest BCUT2D eigenvalue weighted by Gasteiger charge is 2.14. The zero-order valence-corrected chi connectivity index (χ0v) is 12.5. The van der Waals surface area contributed by atoms with Crippen molar-refractivity contribution in [3.8, 4) is 0 Å². The van der Waals surface area contributed by atoms with E-state index < -0.39 is 0 Å². The lowest BCUT2D eigenvalue weighted by Crippen LogP contribution is -2.22. The second-order valence-electron chi connectivity index (χ2n) is 5.24. The molecule has 17 heavy (non-hydrogen) atoms. The van der Waals surface area contributed by atoms with Crippen LogP contribution in [0.1, 0.15) is 38.7 Å². The molecule has 3 heteroatoms. The maximum Gasteiger partial charge on any atom is 0.0598 e. The van der Waals surface area contributed by atoms with E-state index in [1.54, 1.807) is 0 Å². The predicted molar refractivity (Wildman–Crippen MR) is 76.3 cm³/mol. The Labute approximate surface area is 113 Å². The first-order valence-corrected chi connectivity index (χ1v) is 6.81. The Morgan fingerprint density at radius 3 is 2.59 bits per heavy atom. The highest BCUT2D eigenvalue weighted by Crippen LogP contribution is 2.22. The number of ether oxygens (including phenoxy) is 1. The molecule has 0 heterocycles. The second-order valence-corrected chi connectivity index (χ2v) is 6.15. The van der Waals surface area contributed by atoms with E-state index in [9.17, 15) is 0 Å². The molecule has 0 aliphatic carbocycles. The summed E-state index contributed by atoms with van der Waals surface area (Å²) in [4.78, 5) is 0. The third kappa shape index (κ3) is 5.66. The SMILES string of the molecule is CC(C)(C)OCCC(CN)c1cccc(Br)c1. The molecule has 0 aliphatic heterocycles. The topological polar surface area (TPSA) is 35.2 Å². The molecule has 0 fully saturated rings. The van der Waals surface area contributed by atoms with Gasteiger partial charge in [-0.15, -0.1) is 0 Å². The number of rotatable bonds is 5. The van der Waals surface area contributed by atoms with Crippen LogP contribution in [0.5, 0.6) is 0 Å². The molecule has 0 bridgehead atoms. The van der Waals surface area contributed by atoms with Crippen molar-refractivity contribution in [3.05, 3.63) is 34.3 Å². The van der Waals surface area contributed by atoms with Crippen LogP contribution in [0.3, 0.4) is 0 Å². The van der Waals surface area contributed by atoms with E-state index in [1.165, 1.54) is 5.56 Å². The lowest BCUT2D eigenvalue weighted by atomic mass is 9.96. The molecule has 1 unspecified atom stereocenters. The maximum absolute atomic E-state index is 5.83. The summed E-state index contributed by atoms with van der Waals surface area (Å²) in [5, 5.41) is 0. The van der Waals surface area contributed by atoms with Crippen molar-refractivity contribution in [1.82, 2.24) is 0 Å². The fraction of sp³-hybridized carbons (Fsp3) is 0.571. The Balaban J connectivity index is 2.54. The van der Waals surface area contributed by atoms with Crippen molar-refractivity contribution in [2.75, 3.05) is 13.2 Å². The molecule has 0 radical (unpaired) electrons. The van der Waals surface area contributed by atoms with Crippen LogP contribution in [0, 0.1) is 0 Å². The summed E-state index contributed by atoms with van der Waals surface area (Å²) >= 11 is 3.49. The van der Waals surface area contributed by atoms with Gasteiger partial charge >= 0.3 is 0 Å². The van der Waals surface area contributed by atoms with Crippen molar-refractivity contribution in [2.45, 2.75) is 38.7 Å². The average molecular weight is 300 g/mol. The van der Waals surface area contributed by atoms with Crippen molar-refractivity contribution >= 4 is 15.9 Å². The molecular weight excluding hydrogens is 278 g/mol. The van der Waals surface area contributed by atoms with Gasteiger partial charge in [-0.05, 0) is 57.4 Å². The van der Waals surface area contributed by atoms with Crippen LogP contribution in [-0.4, -0.2) is 18.8 Å². The van der Waals surface area contributed by atoms with Gasteiger partial charge in [0, 0.05) is 11.1 Å². The molecule has 2 nitrogen and oxygen atoms in total. The Bertz CT molecular complexity index is 346. The van der Waals surface area contributed by atoms with E-state index in [0.717, 1.165) is 17.5 Å². The van der Waals surface area contributed by atoms with Crippen LogP contribution in [0.2, 0.25) is 0 Å². The molecule has 0 spiro atoms. The fourth-order valence-electron chi connectivity index (χ4n) is 1.69. The van der Waals surface area contributed by atoms with Crippen LogP contribution >= 0.6 is 15.9 Å². The lowest BCUT2D eigenvalue weighted by Gasteiger charge is -2.22. The van der Waals surface area contributed by atoms with Crippen molar-refractivity contribution in [1.29, 1.82) is 0 Å². The molecule has 1 aromatic carbocycles. The number of nitrogens with two attached hydrogens (primary N) is 1. The number of hydrogen-bond donors (Lipinski definition) is 1. The summed E-state index contributed by atoms with van der Waals surface area (Å²) in [7, 11) is 0. The molecule has 0 saturated carbocycles. The minimum atomic E-state index is -0.0730. The molecular formula is C14H22BrNO. The number of hydrogen-bond acceptors (Lipinski definition) is 2. The van der Waals surface area contributed by atoms with Crippen LogP contribution in [0.4, 0.5) is 0 Å². The summed E-state index contributed by atoms with van der Waals surface area (Å²) in [5.74, 6) is 0.370. The van der Waals surface area contributed by atoms with Gasteiger partial charge < -0.3 is 10.5 Å². The summed E-state index contributed by atoms with van der Waals surface area (Å²) in [6, 6.07) is 8.34. The van der Waals surface area contributed by atoms with Gasteiger partial charge in [0.25, 0.3) is 0 Å². The Hall–Kier alpha value is -0.380. The lowest BCUT2D eigenvalue weighted by molar-refractivity contribution is -0.00601. The van der Waals surface area contributed by atoms with Gasteiger partial charge in [-0.25, -0.2) is 0 Å². The van der Waals surface area contributed by atoms with E-state index in [4.69, 9.17) is 10.5 Å². The summed E-state index contributed by atoms with van der Waals surface area (Å²) in [5.41, 5.74) is 7.04. The first-order valence-electron chi connectivity index (χ1n) is 6.02. The van der Waals surface area contributed by atoms with Gasteiger partial charge in [0.1, 0.15) is 0 Å². The third-order valence-corrected chi connectivity index (χ3v) is 3.10. The number of halogens is 1. The van der Waals surface area contributed by atoms with Crippen LogP contribution in [-0.2, 0) is 4.74 Å². The minimum absolute atomic E-state index is 0.0730. The van der Waals surface area contributed by atoms with Gasteiger partial charge in [-0.2, -0.15) is 0 Å². The van der Waals surface area contributed by atoms with Crippen molar-refractivity contribution in [2.24, 2.45) is 5.73 Å². The summed E-state index contributed by atoms with van der Waals surface area (Å²) in [6.07, 6.45) is 0.963. The Morgan fingerprint density at radius 1 is 1.35 bits per heavy atom. The third-order valence-electron chi connectivity index (χ3n) is 2.61. The molecule has 1 aromatic rings. The zero-order chi connectivity index (χ0) is 12.9. The minimum Gasteiger partial charge on any atom is -0.376 e. The van der Waals surface area contributed by atoms with Crippen LogP contribution in [0.25, 0.3) is 0 Å². The molecule has 0 aromatic heterocycles. The second kappa shape index (κ2) is 6.53. The molecule has 96 valence electrons. The normalized spacial score (nSPS) is 13.7. The monoisotopic (exact) mass is 299 g/mol. The Kier molecular flexibility index (Phi) is 5.63. The first kappa shape index (κ1) is 14.7. The van der Waals surface area contributed by atoms with E-state index in [1.807, 2.05) is 12.1 Å². The largest absolute Gasteiger partial charge is 0.376 e. The quantitative estimate of drug-likeness (QED) is 0.900. The van der Waals surface area contributed by atoms with Gasteiger partial charge in [-0.3, -0.25) is 0 Å². The molecule has 1 atom stereocenters. The predicted octanol–water partition coefficient (Wildman–Crippen LogP) is 3.70. The summed E-state index contributed by atoms with van der Waals surface area (Å²) < 4.78 is 6.85. The highest BCUT2D eigenvalue weighted by atomic mass is 79.9. The van der Waals surface area contributed by atoms with E-state index in [2.05, 4.69) is 48.8 Å². The van der Waals surface area contributed by atoms with Gasteiger partial charge in [0.15, 0.2) is 0 Å². The van der Waals surface area contributed by atoms with E-state index in [-0.39, 0.29) is 5.60 Å². The standard InChI is InChI=1S/C14H22BrNO/c1-14(2,3)17-8-7-12(10-16)11-5-4-6-13(15)9-11/h4-6,9,12H,7-8,10,16H2,1-3H3. The van der Waals surface area contributed by atoms with Crippen molar-refractivity contribution < 1.29 is 4.74 Å². The average Bonchev–Trinajstić information content (AvgIpc) is 2.23. The van der Waals surface area contributed by atoms with Crippen molar-refractivity contribution in [3.63, 3.8) is 0 Å². The Morgan fingerprint density at radius 2 is 2.06 bits per heavy atom. The summed E-state index contributed by atoms with van der Waals surface area (Å²) in [6.45, 7) is 7.62. The molecule has 1 rings (SSSR count). The van der Waals surface area contributed by atoms with E-state index >= 15 is 0 Å². The van der Waals surface area contributed by atoms with Crippen LogP contribution in [0.15, 0.2) is 28.7 Å². The van der Waals surface area contributed by atoms with E-state index in [0.29, 0.717) is 12.5 Å². The van der Waals surface area contributed by atoms with Crippen LogP contribution < -0.4 is 5.73 Å². The van der Waals surface area contributed by atoms with Gasteiger partial charge in [0.2, 0.25) is 0 Å². The maximum atomic E-state index is 5.83. The zero-order valence-electron chi connectivity index (χ0n) is 10.9. The fourth-order valence-corrected chi connectivity index (χ4v) is 2.11. The highest BCUT2D eigenvalue weighted by molar-refractivity contribution is 9.10. The molecule has 0 aliphatic rings. The smallest absolute Gasteiger partial charge is 0.0598 e. The van der Waals surface area contributed by atoms with Gasteiger partial charge in [0.05, 0.1) is 5.60 Å².